The number of benzene rings is 1. The van der Waals surface area contributed by atoms with E-state index in [1.165, 1.54) is 20.1 Å². The fraction of sp³-hybridized carbons (Fsp3) is 0.605. The summed E-state index contributed by atoms with van der Waals surface area (Å²) >= 11 is 0. The number of hydrogen-bond donors (Lipinski definition) is 4. The molecule has 3 aliphatic heterocycles. The number of rotatable bonds is 6. The zero-order valence-electron chi connectivity index (χ0n) is 31.2. The minimum Gasteiger partial charge on any atom is -0.497 e. The van der Waals surface area contributed by atoms with E-state index in [0.717, 1.165) is 4.90 Å². The molecular formula is C38H47F2N5O9S. The molecule has 0 radical (unpaired) electrons. The zero-order chi connectivity index (χ0) is 39.7. The SMILES string of the molecule is COc1ccc2nc(C(C)C)c3c(c2c1)C(F)(F)C[C@]1(C[C@H]2C(=O)N[C@]4(C(=O)NS(=O)(=O)C5(C)CC5)C[C@H]4/C=C\CCCCC[C@H](NC(=O)O)C(=O)N2C1)O3. The summed E-state index contributed by atoms with van der Waals surface area (Å²) in [6, 6.07) is 1.88. The molecule has 5 aliphatic rings. The highest BCUT2D eigenvalue weighted by Gasteiger charge is 2.65. The summed E-state index contributed by atoms with van der Waals surface area (Å²) < 4.78 is 73.1. The van der Waals surface area contributed by atoms with Crippen molar-refractivity contribution < 1.29 is 51.0 Å². The van der Waals surface area contributed by atoms with Crippen molar-refractivity contribution in [2.24, 2.45) is 5.92 Å². The Labute approximate surface area is 317 Å². The van der Waals surface area contributed by atoms with Crippen molar-refractivity contribution >= 4 is 44.7 Å². The number of aromatic nitrogens is 1. The lowest BCUT2D eigenvalue weighted by Crippen LogP contribution is -2.58. The van der Waals surface area contributed by atoms with Crippen LogP contribution in [0.3, 0.4) is 0 Å². The fourth-order valence-corrected chi connectivity index (χ4v) is 9.62. The Morgan fingerprint density at radius 2 is 1.89 bits per heavy atom. The number of carboxylic acid groups (broad SMARTS) is 1. The summed E-state index contributed by atoms with van der Waals surface area (Å²) in [7, 11) is -2.67. The number of carbonyl (C=O) groups is 4. The quantitative estimate of drug-likeness (QED) is 0.301. The molecule has 0 unspecified atom stereocenters. The van der Waals surface area contributed by atoms with E-state index in [2.05, 4.69) is 15.4 Å². The van der Waals surface area contributed by atoms with Crippen molar-refractivity contribution in [2.45, 2.75) is 125 Å². The lowest BCUT2D eigenvalue weighted by atomic mass is 9.83. The van der Waals surface area contributed by atoms with Crippen LogP contribution in [0.15, 0.2) is 30.4 Å². The first-order valence-electron chi connectivity index (χ1n) is 18.8. The van der Waals surface area contributed by atoms with Crippen LogP contribution in [0.25, 0.3) is 10.9 Å². The molecule has 298 valence electrons. The van der Waals surface area contributed by atoms with Crippen LogP contribution in [0.2, 0.25) is 0 Å². The van der Waals surface area contributed by atoms with Gasteiger partial charge in [-0.05, 0) is 69.6 Å². The van der Waals surface area contributed by atoms with Crippen LogP contribution in [-0.2, 0) is 30.3 Å². The van der Waals surface area contributed by atoms with Crippen LogP contribution in [0.5, 0.6) is 11.5 Å². The average Bonchev–Trinajstić information content (AvgIpc) is 4.00. The molecule has 55 heavy (non-hydrogen) atoms. The molecule has 1 aromatic heterocycles. The Balaban J connectivity index is 1.30. The number of ether oxygens (including phenoxy) is 2. The standard InChI is InChI=1S/C38H47F2N5O9S/c1-21(2)29-30-28(24-16-23(53-4)12-13-25(24)41-29)38(39,40)19-36(54-30)18-27-31(46)43-37(33(48)44-55(51,52)35(3)14-15-35)17-22(37)10-8-6-5-7-9-11-26(42-34(49)50)32(47)45(27)20-36/h8,10,12-13,16,21-22,26-27,42H,5-7,9,11,14-15,17-20H2,1-4H3,(H,43,46)(H,44,48)(H,49,50)/b10-8-/t22-,26+,27+,36+,37-/m1/s1. The highest BCUT2D eigenvalue weighted by molar-refractivity contribution is 7.91. The molecule has 0 bridgehead atoms. The number of pyridine rings is 1. The van der Waals surface area contributed by atoms with Crippen molar-refractivity contribution in [3.63, 3.8) is 0 Å². The summed E-state index contributed by atoms with van der Waals surface area (Å²) in [4.78, 5) is 60.4. The van der Waals surface area contributed by atoms with Gasteiger partial charge in [0.2, 0.25) is 21.8 Å². The molecule has 7 rings (SSSR count). The van der Waals surface area contributed by atoms with Crippen LogP contribution < -0.4 is 24.8 Å². The minimum atomic E-state index is -4.09. The van der Waals surface area contributed by atoms with Crippen molar-refractivity contribution in [1.82, 2.24) is 25.2 Å². The molecule has 14 nitrogen and oxygen atoms in total. The van der Waals surface area contributed by atoms with E-state index >= 15 is 8.78 Å². The van der Waals surface area contributed by atoms with Crippen molar-refractivity contribution in [2.75, 3.05) is 13.7 Å². The second-order valence-electron chi connectivity index (χ2n) is 16.3. The predicted molar refractivity (Wildman–Crippen MR) is 195 cm³/mol. The number of methoxy groups -OCH3 is 1. The van der Waals surface area contributed by atoms with Gasteiger partial charge in [-0.1, -0.05) is 38.8 Å². The molecule has 1 saturated heterocycles. The number of allylic oxidation sites excluding steroid dienone is 1. The summed E-state index contributed by atoms with van der Waals surface area (Å²) in [5, 5.41) is 14.8. The molecule has 5 atom stereocenters. The van der Waals surface area contributed by atoms with Crippen LogP contribution >= 0.6 is 0 Å². The molecular weight excluding hydrogens is 741 g/mol. The number of fused-ring (bicyclic) bond motifs is 5. The average molecular weight is 788 g/mol. The van der Waals surface area contributed by atoms with Crippen LogP contribution in [-0.4, -0.2) is 88.8 Å². The van der Waals surface area contributed by atoms with E-state index in [4.69, 9.17) is 14.5 Å². The van der Waals surface area contributed by atoms with Gasteiger partial charge in [0.05, 0.1) is 41.6 Å². The van der Waals surface area contributed by atoms with E-state index in [1.54, 1.807) is 32.1 Å². The number of carbonyl (C=O) groups excluding carboxylic acids is 3. The maximum atomic E-state index is 16.9. The molecule has 1 aromatic carbocycles. The number of halogens is 2. The number of nitrogens with one attached hydrogen (secondary N) is 3. The third-order valence-corrected chi connectivity index (χ3v) is 14.0. The van der Waals surface area contributed by atoms with Gasteiger partial charge in [0.25, 0.3) is 11.8 Å². The van der Waals surface area contributed by atoms with Gasteiger partial charge in [-0.3, -0.25) is 19.1 Å². The Morgan fingerprint density at radius 3 is 2.56 bits per heavy atom. The van der Waals surface area contributed by atoms with Gasteiger partial charge in [0.15, 0.2) is 5.75 Å². The Hall–Kier alpha value is -4.54. The first-order valence-corrected chi connectivity index (χ1v) is 20.3. The van der Waals surface area contributed by atoms with E-state index < -0.39 is 93.0 Å². The van der Waals surface area contributed by atoms with Crippen LogP contribution in [0.4, 0.5) is 13.6 Å². The first kappa shape index (κ1) is 38.7. The van der Waals surface area contributed by atoms with E-state index in [9.17, 15) is 32.7 Å². The van der Waals surface area contributed by atoms with Gasteiger partial charge < -0.3 is 30.1 Å². The predicted octanol–water partition coefficient (Wildman–Crippen LogP) is 4.61. The number of nitrogens with zero attached hydrogens (tertiary/aromatic N) is 2. The third-order valence-electron chi connectivity index (χ3n) is 11.9. The van der Waals surface area contributed by atoms with Gasteiger partial charge in [-0.2, -0.15) is 0 Å². The summed E-state index contributed by atoms with van der Waals surface area (Å²) in [5.74, 6) is -6.93. The molecule has 4 amide bonds. The zero-order valence-corrected chi connectivity index (χ0v) is 32.1. The van der Waals surface area contributed by atoms with E-state index in [0.29, 0.717) is 49.8 Å². The van der Waals surface area contributed by atoms with Gasteiger partial charge >= 0.3 is 6.09 Å². The Bertz CT molecular complexity index is 2090. The number of amides is 4. The highest BCUT2D eigenvalue weighted by atomic mass is 32.2. The van der Waals surface area contributed by atoms with E-state index in [-0.39, 0.29) is 41.2 Å². The largest absolute Gasteiger partial charge is 0.497 e. The molecule has 4 N–H and O–H groups in total. The number of alkyl halides is 2. The van der Waals surface area contributed by atoms with Crippen molar-refractivity contribution in [3.05, 3.63) is 41.6 Å². The summed E-state index contributed by atoms with van der Waals surface area (Å²) in [6.07, 6.45) is 4.05. The van der Waals surface area contributed by atoms with Gasteiger partial charge in [0, 0.05) is 17.7 Å². The Kier molecular flexibility index (Phi) is 9.57. The molecule has 2 aliphatic carbocycles. The van der Waals surface area contributed by atoms with Crippen molar-refractivity contribution in [1.29, 1.82) is 0 Å². The lowest BCUT2D eigenvalue weighted by molar-refractivity contribution is -0.141. The molecule has 2 saturated carbocycles. The maximum absolute atomic E-state index is 16.9. The first-order chi connectivity index (χ1) is 25.8. The van der Waals surface area contributed by atoms with Gasteiger partial charge in [-0.15, -0.1) is 0 Å². The fourth-order valence-electron chi connectivity index (χ4n) is 8.31. The molecule has 4 heterocycles. The lowest BCUT2D eigenvalue weighted by Gasteiger charge is -2.41. The second-order valence-corrected chi connectivity index (χ2v) is 18.5. The van der Waals surface area contributed by atoms with Crippen molar-refractivity contribution in [3.8, 4) is 11.5 Å². The summed E-state index contributed by atoms with van der Waals surface area (Å²) in [5.41, 5.74) is -3.34. The normalized spacial score (nSPS) is 30.5. The van der Waals surface area contributed by atoms with Gasteiger partial charge in [-0.25, -0.2) is 27.0 Å². The second kappa shape index (κ2) is 13.6. The third kappa shape index (κ3) is 6.97. The number of hydrogen-bond acceptors (Lipinski definition) is 9. The van der Waals surface area contributed by atoms with Crippen LogP contribution in [0.1, 0.15) is 102 Å². The molecule has 17 heteroatoms. The van der Waals surface area contributed by atoms with E-state index in [1.807, 2.05) is 6.08 Å². The molecule has 3 fully saturated rings. The topological polar surface area (TPSA) is 193 Å². The minimum absolute atomic E-state index is 0.0736. The van der Waals surface area contributed by atoms with Gasteiger partial charge in [0.1, 0.15) is 29.0 Å². The number of sulfonamides is 1. The smallest absolute Gasteiger partial charge is 0.405 e. The maximum Gasteiger partial charge on any atom is 0.405 e. The molecule has 1 spiro atoms. The highest BCUT2D eigenvalue weighted by Crippen LogP contribution is 2.55. The molecule has 2 aromatic rings. The summed E-state index contributed by atoms with van der Waals surface area (Å²) in [6.45, 7) is 4.60. The monoisotopic (exact) mass is 787 g/mol. The Morgan fingerprint density at radius 1 is 1.15 bits per heavy atom. The van der Waals surface area contributed by atoms with Crippen LogP contribution in [0, 0.1) is 5.92 Å².